The Kier molecular flexibility index (Phi) is 7.08. The number of carbonyl (C=O) groups is 2. The number of esters is 1. The number of hydrogen-bond donors (Lipinski definition) is 1. The van der Waals surface area contributed by atoms with Crippen LogP contribution in [0.1, 0.15) is 34.1 Å². The van der Waals surface area contributed by atoms with Crippen LogP contribution in [0.15, 0.2) is 12.2 Å². The lowest BCUT2D eigenvalue weighted by Crippen LogP contribution is -2.29. The van der Waals surface area contributed by atoms with Gasteiger partial charge in [0.2, 0.25) is 0 Å². The van der Waals surface area contributed by atoms with E-state index in [1.165, 1.54) is 0 Å². The van der Waals surface area contributed by atoms with E-state index in [0.717, 1.165) is 6.42 Å². The summed E-state index contributed by atoms with van der Waals surface area (Å²) in [7, 11) is 0. The van der Waals surface area contributed by atoms with Crippen molar-refractivity contribution in [2.45, 2.75) is 34.1 Å². The van der Waals surface area contributed by atoms with E-state index in [-0.39, 0.29) is 18.6 Å². The topological polar surface area (TPSA) is 64.6 Å². The highest BCUT2D eigenvalue weighted by molar-refractivity contribution is 5.86. The van der Waals surface area contributed by atoms with Crippen LogP contribution in [0.4, 0.5) is 4.79 Å². The van der Waals surface area contributed by atoms with Crippen molar-refractivity contribution in [1.82, 2.24) is 5.32 Å². The summed E-state index contributed by atoms with van der Waals surface area (Å²) in [6, 6.07) is 0. The molecular formula is C13H23NO4. The first-order chi connectivity index (χ1) is 8.22. The average molecular weight is 257 g/mol. The third-order valence-corrected chi connectivity index (χ3v) is 2.04. The van der Waals surface area contributed by atoms with Crippen LogP contribution in [0.2, 0.25) is 0 Å². The van der Waals surface area contributed by atoms with Crippen LogP contribution in [-0.4, -0.2) is 31.8 Å². The zero-order valence-corrected chi connectivity index (χ0v) is 11.7. The molecule has 18 heavy (non-hydrogen) atoms. The van der Waals surface area contributed by atoms with E-state index in [9.17, 15) is 9.59 Å². The van der Waals surface area contributed by atoms with Gasteiger partial charge in [0.1, 0.15) is 6.61 Å². The minimum Gasteiger partial charge on any atom is -0.460 e. The van der Waals surface area contributed by atoms with Crippen molar-refractivity contribution < 1.29 is 19.1 Å². The number of amides is 1. The number of hydrogen-bond acceptors (Lipinski definition) is 4. The van der Waals surface area contributed by atoms with E-state index >= 15 is 0 Å². The van der Waals surface area contributed by atoms with Crippen molar-refractivity contribution in [3.8, 4) is 0 Å². The van der Waals surface area contributed by atoms with Gasteiger partial charge in [-0.3, -0.25) is 0 Å². The van der Waals surface area contributed by atoms with Crippen molar-refractivity contribution in [1.29, 1.82) is 0 Å². The van der Waals surface area contributed by atoms with Gasteiger partial charge in [0.25, 0.3) is 0 Å². The summed E-state index contributed by atoms with van der Waals surface area (Å²) in [4.78, 5) is 22.2. The Morgan fingerprint density at radius 2 is 1.78 bits per heavy atom. The van der Waals surface area contributed by atoms with E-state index in [0.29, 0.717) is 12.2 Å². The summed E-state index contributed by atoms with van der Waals surface area (Å²) < 4.78 is 9.77. The lowest BCUT2D eigenvalue weighted by atomic mass is 9.93. The molecule has 1 N–H and O–H groups in total. The Morgan fingerprint density at radius 1 is 1.17 bits per heavy atom. The maximum Gasteiger partial charge on any atom is 0.407 e. The van der Waals surface area contributed by atoms with E-state index in [2.05, 4.69) is 32.7 Å². The predicted molar refractivity (Wildman–Crippen MR) is 69.2 cm³/mol. The van der Waals surface area contributed by atoms with E-state index < -0.39 is 12.1 Å². The van der Waals surface area contributed by atoms with Crippen molar-refractivity contribution in [3.63, 3.8) is 0 Å². The number of carbonyl (C=O) groups excluding carboxylic acids is 2. The van der Waals surface area contributed by atoms with Gasteiger partial charge in [-0.1, -0.05) is 27.4 Å². The minimum absolute atomic E-state index is 0.111. The van der Waals surface area contributed by atoms with Gasteiger partial charge in [0, 0.05) is 5.57 Å². The minimum atomic E-state index is -0.495. The summed E-state index contributed by atoms with van der Waals surface area (Å²) in [5.41, 5.74) is 0.472. The second kappa shape index (κ2) is 7.74. The molecule has 0 aromatic carbocycles. The number of rotatable bonds is 6. The monoisotopic (exact) mass is 257 g/mol. The Labute approximate surface area is 109 Å². The summed E-state index contributed by atoms with van der Waals surface area (Å²) in [5, 5.41) is 2.50. The van der Waals surface area contributed by atoms with Gasteiger partial charge in [0.15, 0.2) is 0 Å². The first-order valence-corrected chi connectivity index (χ1v) is 5.95. The fraction of sp³-hybridized carbons (Fsp3) is 0.692. The molecule has 0 radical (unpaired) electrons. The van der Waals surface area contributed by atoms with Gasteiger partial charge in [-0.2, -0.15) is 0 Å². The SMILES string of the molecule is C=C(C)C(=O)OCCNC(=O)OCCC(C)(C)C. The Bertz CT molecular complexity index is 305. The van der Waals surface area contributed by atoms with Gasteiger partial charge < -0.3 is 14.8 Å². The molecule has 0 atom stereocenters. The second-order valence-corrected chi connectivity index (χ2v) is 5.29. The van der Waals surface area contributed by atoms with Gasteiger partial charge in [0.05, 0.1) is 13.2 Å². The van der Waals surface area contributed by atoms with Gasteiger partial charge in [-0.05, 0) is 18.8 Å². The normalized spacial score (nSPS) is 10.7. The van der Waals surface area contributed by atoms with Crippen LogP contribution in [0.3, 0.4) is 0 Å². The quantitative estimate of drug-likeness (QED) is 0.450. The van der Waals surface area contributed by atoms with E-state index in [1.807, 2.05) is 0 Å². The molecular weight excluding hydrogens is 234 g/mol. The highest BCUT2D eigenvalue weighted by atomic mass is 16.6. The molecule has 5 nitrogen and oxygen atoms in total. The molecule has 0 spiro atoms. The molecule has 104 valence electrons. The van der Waals surface area contributed by atoms with Crippen LogP contribution in [0.5, 0.6) is 0 Å². The number of nitrogens with one attached hydrogen (secondary N) is 1. The standard InChI is InChI=1S/C13H23NO4/c1-10(2)11(15)17-9-7-14-12(16)18-8-6-13(3,4)5/h1,6-9H2,2-5H3,(H,14,16). The Balaban J connectivity index is 3.54. The molecule has 0 saturated heterocycles. The van der Waals surface area contributed by atoms with E-state index in [1.54, 1.807) is 6.92 Å². The smallest absolute Gasteiger partial charge is 0.407 e. The lowest BCUT2D eigenvalue weighted by molar-refractivity contribution is -0.138. The highest BCUT2D eigenvalue weighted by Gasteiger charge is 2.11. The predicted octanol–water partition coefficient (Wildman–Crippen LogP) is 2.27. The van der Waals surface area contributed by atoms with Crippen molar-refractivity contribution in [2.24, 2.45) is 5.41 Å². The Hall–Kier alpha value is -1.52. The fourth-order valence-corrected chi connectivity index (χ4v) is 0.921. The molecule has 0 aromatic heterocycles. The average Bonchev–Trinajstić information content (AvgIpc) is 2.22. The maximum atomic E-state index is 11.2. The van der Waals surface area contributed by atoms with Crippen LogP contribution >= 0.6 is 0 Å². The number of alkyl carbamates (subject to hydrolysis) is 1. The summed E-state index contributed by atoms with van der Waals surface area (Å²) in [5.74, 6) is -0.460. The first kappa shape index (κ1) is 16.5. The van der Waals surface area contributed by atoms with Gasteiger partial charge >= 0.3 is 12.1 Å². The molecule has 0 heterocycles. The van der Waals surface area contributed by atoms with Crippen LogP contribution in [0, 0.1) is 5.41 Å². The van der Waals surface area contributed by atoms with Gasteiger partial charge in [-0.25, -0.2) is 9.59 Å². The molecule has 5 heteroatoms. The molecule has 0 aliphatic carbocycles. The fourth-order valence-electron chi connectivity index (χ4n) is 0.921. The molecule has 0 bridgehead atoms. The van der Waals surface area contributed by atoms with Crippen LogP contribution in [-0.2, 0) is 14.3 Å². The van der Waals surface area contributed by atoms with Crippen molar-refractivity contribution in [2.75, 3.05) is 19.8 Å². The zero-order valence-electron chi connectivity index (χ0n) is 11.7. The molecule has 0 aromatic rings. The van der Waals surface area contributed by atoms with Gasteiger partial charge in [-0.15, -0.1) is 0 Å². The second-order valence-electron chi connectivity index (χ2n) is 5.29. The Morgan fingerprint density at radius 3 is 2.28 bits per heavy atom. The largest absolute Gasteiger partial charge is 0.460 e. The molecule has 1 amide bonds. The lowest BCUT2D eigenvalue weighted by Gasteiger charge is -2.17. The molecule has 0 rings (SSSR count). The van der Waals surface area contributed by atoms with Crippen molar-refractivity contribution in [3.05, 3.63) is 12.2 Å². The molecule has 0 unspecified atom stereocenters. The molecule has 0 saturated carbocycles. The third kappa shape index (κ3) is 9.69. The highest BCUT2D eigenvalue weighted by Crippen LogP contribution is 2.17. The van der Waals surface area contributed by atoms with Crippen LogP contribution in [0.25, 0.3) is 0 Å². The summed E-state index contributed by atoms with van der Waals surface area (Å²) in [6.45, 7) is 12.0. The summed E-state index contributed by atoms with van der Waals surface area (Å²) >= 11 is 0. The third-order valence-electron chi connectivity index (χ3n) is 2.04. The maximum absolute atomic E-state index is 11.2. The summed E-state index contributed by atoms with van der Waals surface area (Å²) in [6.07, 6.45) is 0.302. The number of ether oxygens (including phenoxy) is 2. The van der Waals surface area contributed by atoms with Crippen molar-refractivity contribution >= 4 is 12.1 Å². The zero-order chi connectivity index (χ0) is 14.2. The molecule has 0 fully saturated rings. The molecule has 0 aliphatic rings. The first-order valence-electron chi connectivity index (χ1n) is 5.95. The van der Waals surface area contributed by atoms with E-state index in [4.69, 9.17) is 9.47 Å². The molecule has 0 aliphatic heterocycles. The van der Waals surface area contributed by atoms with Crippen LogP contribution < -0.4 is 5.32 Å².